The molecule has 0 bridgehead atoms. The molecule has 1 unspecified atom stereocenters. The molecule has 2 aliphatic heterocycles. The van der Waals surface area contributed by atoms with Crippen LogP contribution in [0.4, 0.5) is 0 Å². The lowest BCUT2D eigenvalue weighted by atomic mass is 10.00. The Morgan fingerprint density at radius 3 is 3.00 bits per heavy atom. The quantitative estimate of drug-likeness (QED) is 0.779. The van der Waals surface area contributed by atoms with Crippen molar-refractivity contribution in [3.63, 3.8) is 0 Å². The van der Waals surface area contributed by atoms with E-state index in [1.165, 1.54) is 0 Å². The largest absolute Gasteiger partial charge is 0.492 e. The van der Waals surface area contributed by atoms with E-state index in [0.29, 0.717) is 26.1 Å². The van der Waals surface area contributed by atoms with E-state index in [1.54, 1.807) is 4.90 Å². The van der Waals surface area contributed by atoms with Gasteiger partial charge in [-0.1, -0.05) is 18.2 Å². The maximum absolute atomic E-state index is 12.3. The van der Waals surface area contributed by atoms with E-state index in [1.807, 2.05) is 24.3 Å². The van der Waals surface area contributed by atoms with Crippen LogP contribution in [0.1, 0.15) is 17.9 Å². The Morgan fingerprint density at radius 1 is 1.41 bits per heavy atom. The number of hydrogen-bond acceptors (Lipinski definition) is 3. The molecular weight excluding hydrogens is 218 g/mol. The average Bonchev–Trinajstić information content (AvgIpc) is 2.94. The fourth-order valence-electron chi connectivity index (χ4n) is 2.53. The Kier molecular flexibility index (Phi) is 2.52. The lowest BCUT2D eigenvalue weighted by Crippen LogP contribution is -2.34. The van der Waals surface area contributed by atoms with E-state index in [-0.39, 0.29) is 17.9 Å². The molecule has 90 valence electrons. The van der Waals surface area contributed by atoms with Crippen molar-refractivity contribution >= 4 is 5.91 Å². The van der Waals surface area contributed by atoms with Crippen molar-refractivity contribution < 1.29 is 14.6 Å². The fourth-order valence-corrected chi connectivity index (χ4v) is 2.53. The molecule has 1 N–H and O–H groups in total. The van der Waals surface area contributed by atoms with E-state index in [9.17, 15) is 9.90 Å². The highest BCUT2D eigenvalue weighted by Crippen LogP contribution is 2.35. The van der Waals surface area contributed by atoms with Crippen LogP contribution >= 0.6 is 0 Å². The van der Waals surface area contributed by atoms with Crippen LogP contribution in [0.15, 0.2) is 24.3 Å². The third kappa shape index (κ3) is 1.78. The number of likely N-dealkylation sites (tertiary alicyclic amines) is 1. The number of hydrogen-bond donors (Lipinski definition) is 1. The number of aliphatic hydroxyl groups excluding tert-OH is 1. The first kappa shape index (κ1) is 10.6. The monoisotopic (exact) mass is 233 g/mol. The summed E-state index contributed by atoms with van der Waals surface area (Å²) in [4.78, 5) is 14.0. The summed E-state index contributed by atoms with van der Waals surface area (Å²) in [6.07, 6.45) is 0.317. The Morgan fingerprint density at radius 2 is 2.24 bits per heavy atom. The molecule has 0 radical (unpaired) electrons. The lowest BCUT2D eigenvalue weighted by Gasteiger charge is -2.19. The zero-order valence-corrected chi connectivity index (χ0v) is 9.50. The van der Waals surface area contributed by atoms with Crippen LogP contribution in [0.5, 0.6) is 5.75 Å². The van der Waals surface area contributed by atoms with Crippen LogP contribution < -0.4 is 4.74 Å². The second-order valence-electron chi connectivity index (χ2n) is 4.63. The van der Waals surface area contributed by atoms with Crippen molar-refractivity contribution in [3.8, 4) is 5.75 Å². The molecule has 1 saturated heterocycles. The fraction of sp³-hybridized carbons (Fsp3) is 0.462. The number of fused-ring (bicyclic) bond motifs is 1. The molecule has 0 aromatic heterocycles. The average molecular weight is 233 g/mol. The number of benzene rings is 1. The first-order valence-electron chi connectivity index (χ1n) is 5.94. The molecule has 4 nitrogen and oxygen atoms in total. The van der Waals surface area contributed by atoms with Gasteiger partial charge in [0.05, 0.1) is 6.10 Å². The predicted molar refractivity (Wildman–Crippen MR) is 61.9 cm³/mol. The van der Waals surface area contributed by atoms with Gasteiger partial charge in [0.2, 0.25) is 5.91 Å². The van der Waals surface area contributed by atoms with Crippen LogP contribution in [0.25, 0.3) is 0 Å². The van der Waals surface area contributed by atoms with Crippen LogP contribution in [0.3, 0.4) is 0 Å². The molecule has 2 heterocycles. The Balaban J connectivity index is 1.80. The van der Waals surface area contributed by atoms with Gasteiger partial charge < -0.3 is 14.7 Å². The van der Waals surface area contributed by atoms with Crippen LogP contribution in [-0.4, -0.2) is 41.7 Å². The van der Waals surface area contributed by atoms with Crippen LogP contribution in [0, 0.1) is 0 Å². The van der Waals surface area contributed by atoms with Gasteiger partial charge in [0.25, 0.3) is 0 Å². The Labute approximate surface area is 99.8 Å². The summed E-state index contributed by atoms with van der Waals surface area (Å²) in [5.41, 5.74) is 0.971. The Hall–Kier alpha value is -1.55. The maximum atomic E-state index is 12.3. The molecule has 1 aromatic rings. The smallest absolute Gasteiger partial charge is 0.233 e. The summed E-state index contributed by atoms with van der Waals surface area (Å²) in [6.45, 7) is 1.53. The molecule has 0 saturated carbocycles. The maximum Gasteiger partial charge on any atom is 0.233 e. The number of ether oxygens (including phenoxy) is 1. The normalized spacial score (nSPS) is 26.8. The topological polar surface area (TPSA) is 49.8 Å². The zero-order chi connectivity index (χ0) is 11.8. The molecule has 3 rings (SSSR count). The second kappa shape index (κ2) is 4.04. The summed E-state index contributed by atoms with van der Waals surface area (Å²) in [5, 5.41) is 9.46. The number of rotatable bonds is 1. The van der Waals surface area contributed by atoms with Crippen LogP contribution in [-0.2, 0) is 4.79 Å². The number of amides is 1. The van der Waals surface area contributed by atoms with Gasteiger partial charge in [-0.2, -0.15) is 0 Å². The van der Waals surface area contributed by atoms with E-state index in [0.717, 1.165) is 11.3 Å². The van der Waals surface area contributed by atoms with Crippen molar-refractivity contribution in [2.45, 2.75) is 18.4 Å². The standard InChI is InChI=1S/C13H15NO3/c15-9-5-6-14(7-9)13(16)11-8-17-12-4-2-1-3-10(11)12/h1-4,9,11,15H,5-8H2/t9-,11?/m0/s1. The van der Waals surface area contributed by atoms with Crippen molar-refractivity contribution in [1.29, 1.82) is 0 Å². The third-order valence-corrected chi connectivity index (χ3v) is 3.47. The molecule has 0 spiro atoms. The number of aliphatic hydroxyl groups is 1. The van der Waals surface area contributed by atoms with Crippen molar-refractivity contribution in [3.05, 3.63) is 29.8 Å². The number of carbonyl (C=O) groups excluding carboxylic acids is 1. The number of para-hydroxylation sites is 1. The van der Waals surface area contributed by atoms with Crippen molar-refractivity contribution in [1.82, 2.24) is 4.90 Å². The summed E-state index contributed by atoms with van der Waals surface area (Å²) in [7, 11) is 0. The van der Waals surface area contributed by atoms with E-state index < -0.39 is 0 Å². The van der Waals surface area contributed by atoms with Gasteiger partial charge in [-0.3, -0.25) is 4.79 Å². The number of nitrogens with zero attached hydrogens (tertiary/aromatic N) is 1. The summed E-state index contributed by atoms with van der Waals surface area (Å²) >= 11 is 0. The van der Waals surface area contributed by atoms with Gasteiger partial charge in [-0.25, -0.2) is 0 Å². The van der Waals surface area contributed by atoms with Gasteiger partial charge >= 0.3 is 0 Å². The molecule has 1 fully saturated rings. The van der Waals surface area contributed by atoms with Crippen molar-refractivity contribution in [2.75, 3.05) is 19.7 Å². The minimum absolute atomic E-state index is 0.0755. The summed E-state index contributed by atoms with van der Waals surface area (Å²) < 4.78 is 5.51. The highest BCUT2D eigenvalue weighted by molar-refractivity contribution is 5.85. The minimum Gasteiger partial charge on any atom is -0.492 e. The third-order valence-electron chi connectivity index (χ3n) is 3.47. The van der Waals surface area contributed by atoms with Gasteiger partial charge in [0.15, 0.2) is 0 Å². The Bertz CT molecular complexity index is 446. The summed E-state index contributed by atoms with van der Waals surface area (Å²) in [6, 6.07) is 7.66. The molecular formula is C13H15NO3. The molecule has 0 aliphatic carbocycles. The highest BCUT2D eigenvalue weighted by atomic mass is 16.5. The number of β-amino-alcohol motifs (C(OH)–C–C–N with tert-alkyl or cyclic N) is 1. The molecule has 17 heavy (non-hydrogen) atoms. The molecule has 1 aromatic carbocycles. The van der Waals surface area contributed by atoms with E-state index in [2.05, 4.69) is 0 Å². The molecule has 1 amide bonds. The van der Waals surface area contributed by atoms with E-state index in [4.69, 9.17) is 4.74 Å². The first-order valence-corrected chi connectivity index (χ1v) is 5.94. The van der Waals surface area contributed by atoms with E-state index >= 15 is 0 Å². The highest BCUT2D eigenvalue weighted by Gasteiger charge is 2.35. The zero-order valence-electron chi connectivity index (χ0n) is 9.50. The number of carbonyl (C=O) groups is 1. The van der Waals surface area contributed by atoms with Gasteiger partial charge in [0, 0.05) is 18.7 Å². The minimum atomic E-state index is -0.364. The molecule has 2 atom stereocenters. The lowest BCUT2D eigenvalue weighted by molar-refractivity contribution is -0.132. The predicted octanol–water partition coefficient (Wildman–Crippen LogP) is 0.756. The second-order valence-corrected chi connectivity index (χ2v) is 4.63. The molecule has 2 aliphatic rings. The van der Waals surface area contributed by atoms with Gasteiger partial charge in [-0.15, -0.1) is 0 Å². The van der Waals surface area contributed by atoms with Crippen LogP contribution in [0.2, 0.25) is 0 Å². The van der Waals surface area contributed by atoms with Gasteiger partial charge in [0.1, 0.15) is 18.3 Å². The molecule has 4 heteroatoms. The SMILES string of the molecule is O=C(C1COc2ccccc21)N1CC[C@H](O)C1. The summed E-state index contributed by atoms with van der Waals surface area (Å²) in [5.74, 6) is 0.689. The van der Waals surface area contributed by atoms with Gasteiger partial charge in [-0.05, 0) is 12.5 Å². The van der Waals surface area contributed by atoms with Crippen molar-refractivity contribution in [2.24, 2.45) is 0 Å². The first-order chi connectivity index (χ1) is 8.25.